The van der Waals surface area contributed by atoms with Crippen LogP contribution >= 0.6 is 23.4 Å². The zero-order chi connectivity index (χ0) is 16.9. The Balaban J connectivity index is 3.00. The largest absolute Gasteiger partial charge is 0.287 e. The van der Waals surface area contributed by atoms with E-state index in [0.29, 0.717) is 12.3 Å². The molecule has 0 spiro atoms. The fraction of sp³-hybridized carbons (Fsp3) is 0.429. The maximum atomic E-state index is 13.7. The minimum absolute atomic E-state index is 0.0329. The van der Waals surface area contributed by atoms with E-state index in [4.69, 9.17) is 17.1 Å². The summed E-state index contributed by atoms with van der Waals surface area (Å²) in [7, 11) is 0. The average molecular weight is 344 g/mol. The van der Waals surface area contributed by atoms with Gasteiger partial charge in [-0.2, -0.15) is 0 Å². The first-order chi connectivity index (χ1) is 10.3. The number of halogens is 2. The predicted molar refractivity (Wildman–Crippen MR) is 84.4 cm³/mol. The van der Waals surface area contributed by atoms with E-state index in [9.17, 15) is 14.0 Å². The molecule has 1 atom stereocenters. The van der Waals surface area contributed by atoms with Gasteiger partial charge in [-0.1, -0.05) is 44.1 Å². The summed E-state index contributed by atoms with van der Waals surface area (Å²) in [6, 6.07) is 2.07. The number of carbonyl (C=O) groups excluding carboxylic acids is 2. The molecular weight excluding hydrogens is 329 g/mol. The van der Waals surface area contributed by atoms with Crippen molar-refractivity contribution < 1.29 is 14.0 Å². The molecule has 1 unspecified atom stereocenters. The van der Waals surface area contributed by atoms with E-state index in [1.807, 2.05) is 20.8 Å². The van der Waals surface area contributed by atoms with E-state index < -0.39 is 17.3 Å². The molecule has 0 bridgehead atoms. The lowest BCUT2D eigenvalue weighted by atomic mass is 9.95. The maximum absolute atomic E-state index is 13.7. The maximum Gasteiger partial charge on any atom is 0.252 e. The van der Waals surface area contributed by atoms with Crippen LogP contribution in [0.3, 0.4) is 0 Å². The monoisotopic (exact) mass is 343 g/mol. The Morgan fingerprint density at radius 3 is 2.59 bits per heavy atom. The van der Waals surface area contributed by atoms with Gasteiger partial charge in [-0.15, -0.1) is 0 Å². The molecule has 1 aromatic rings. The lowest BCUT2D eigenvalue weighted by molar-refractivity contribution is -0.111. The molecule has 8 heteroatoms. The lowest BCUT2D eigenvalue weighted by Crippen LogP contribution is -2.08. The van der Waals surface area contributed by atoms with Crippen LogP contribution in [-0.2, 0) is 4.79 Å². The highest BCUT2D eigenvalue weighted by molar-refractivity contribution is 8.13. The molecule has 118 valence electrons. The lowest BCUT2D eigenvalue weighted by Gasteiger charge is -2.14. The van der Waals surface area contributed by atoms with Crippen molar-refractivity contribution in [1.29, 1.82) is 0 Å². The Labute approximate surface area is 136 Å². The second-order valence-electron chi connectivity index (χ2n) is 5.16. The highest BCUT2D eigenvalue weighted by atomic mass is 35.5. The van der Waals surface area contributed by atoms with Gasteiger partial charge in [0, 0.05) is 16.2 Å². The van der Waals surface area contributed by atoms with Crippen LogP contribution in [0.5, 0.6) is 0 Å². The summed E-state index contributed by atoms with van der Waals surface area (Å²) in [6.45, 7) is 6.00. The Kier molecular flexibility index (Phi) is 6.87. The third kappa shape index (κ3) is 5.02. The molecule has 0 aliphatic carbocycles. The van der Waals surface area contributed by atoms with E-state index in [1.165, 1.54) is 0 Å². The van der Waals surface area contributed by atoms with Crippen molar-refractivity contribution in [1.82, 2.24) is 0 Å². The van der Waals surface area contributed by atoms with Crippen LogP contribution in [0.25, 0.3) is 10.4 Å². The molecule has 0 aliphatic heterocycles. The van der Waals surface area contributed by atoms with E-state index in [1.54, 1.807) is 0 Å². The summed E-state index contributed by atoms with van der Waals surface area (Å²) < 4.78 is 13.7. The van der Waals surface area contributed by atoms with Gasteiger partial charge in [0.05, 0.1) is 10.6 Å². The van der Waals surface area contributed by atoms with E-state index in [0.717, 1.165) is 23.9 Å². The van der Waals surface area contributed by atoms with Crippen molar-refractivity contribution in [2.24, 2.45) is 17.0 Å². The topological polar surface area (TPSA) is 82.9 Å². The van der Waals surface area contributed by atoms with Crippen molar-refractivity contribution in [3.05, 3.63) is 39.0 Å². The fourth-order valence-corrected chi connectivity index (χ4v) is 2.72. The Morgan fingerprint density at radius 1 is 1.41 bits per heavy atom. The third-order valence-corrected chi connectivity index (χ3v) is 4.61. The van der Waals surface area contributed by atoms with Crippen LogP contribution in [0.2, 0.25) is 5.02 Å². The molecule has 0 heterocycles. The minimum Gasteiger partial charge on any atom is -0.287 e. The Bertz CT molecular complexity index is 645. The fourth-order valence-electron chi connectivity index (χ4n) is 1.53. The van der Waals surface area contributed by atoms with Gasteiger partial charge in [-0.3, -0.25) is 9.59 Å². The molecule has 0 aliphatic rings. The van der Waals surface area contributed by atoms with Crippen LogP contribution < -0.4 is 0 Å². The summed E-state index contributed by atoms with van der Waals surface area (Å²) in [5, 5.41) is 2.75. The summed E-state index contributed by atoms with van der Waals surface area (Å²) in [5.41, 5.74) is 7.83. The van der Waals surface area contributed by atoms with Crippen LogP contribution in [0.1, 0.15) is 37.6 Å². The van der Waals surface area contributed by atoms with Crippen molar-refractivity contribution in [2.45, 2.75) is 32.1 Å². The van der Waals surface area contributed by atoms with Gasteiger partial charge in [-0.05, 0) is 34.6 Å². The zero-order valence-corrected chi connectivity index (χ0v) is 13.9. The minimum atomic E-state index is -1.05. The molecule has 0 saturated heterocycles. The first kappa shape index (κ1) is 18.5. The van der Waals surface area contributed by atoms with Gasteiger partial charge in [-0.25, -0.2) is 4.39 Å². The van der Waals surface area contributed by atoms with Gasteiger partial charge >= 0.3 is 0 Å². The van der Waals surface area contributed by atoms with Crippen LogP contribution in [-0.4, -0.2) is 11.0 Å². The first-order valence-electron chi connectivity index (χ1n) is 6.55. The molecule has 0 radical (unpaired) electrons. The van der Waals surface area contributed by atoms with Crippen molar-refractivity contribution in [2.75, 3.05) is 0 Å². The highest BCUT2D eigenvalue weighted by Crippen LogP contribution is 2.32. The van der Waals surface area contributed by atoms with E-state index >= 15 is 0 Å². The number of amides is 1. The number of azide groups is 1. The first-order valence-corrected chi connectivity index (χ1v) is 7.74. The highest BCUT2D eigenvalue weighted by Gasteiger charge is 2.18. The molecule has 0 N–H and O–H groups in total. The number of hydrogen-bond donors (Lipinski definition) is 0. The molecule has 5 nitrogen and oxygen atoms in total. The normalized spacial score (nSPS) is 11.9. The smallest absolute Gasteiger partial charge is 0.252 e. The Morgan fingerprint density at radius 2 is 2.05 bits per heavy atom. The predicted octanol–water partition coefficient (Wildman–Crippen LogP) is 5.23. The number of thioether (sulfide) groups is 1. The van der Waals surface area contributed by atoms with E-state index in [-0.39, 0.29) is 21.0 Å². The van der Waals surface area contributed by atoms with Crippen LogP contribution in [0.15, 0.2) is 22.1 Å². The molecule has 22 heavy (non-hydrogen) atoms. The molecule has 0 aromatic heterocycles. The summed E-state index contributed by atoms with van der Waals surface area (Å²) in [4.78, 5) is 26.1. The third-order valence-electron chi connectivity index (χ3n) is 3.24. The molecule has 1 aromatic carbocycles. The van der Waals surface area contributed by atoms with Gasteiger partial charge < -0.3 is 0 Å². The second-order valence-corrected chi connectivity index (χ2v) is 6.66. The van der Waals surface area contributed by atoms with Crippen LogP contribution in [0.4, 0.5) is 4.39 Å². The second kappa shape index (κ2) is 8.17. The summed E-state index contributed by atoms with van der Waals surface area (Å²) in [6.07, 6.45) is 0.343. The molecule has 0 saturated carbocycles. The van der Waals surface area contributed by atoms with E-state index in [2.05, 4.69) is 10.0 Å². The van der Waals surface area contributed by atoms with Crippen molar-refractivity contribution in [3.63, 3.8) is 0 Å². The molecule has 1 rings (SSSR count). The van der Waals surface area contributed by atoms with Gasteiger partial charge in [0.15, 0.2) is 5.12 Å². The quantitative estimate of drug-likeness (QED) is 0.317. The summed E-state index contributed by atoms with van der Waals surface area (Å²) in [5.74, 6) is -1.39. The van der Waals surface area contributed by atoms with Gasteiger partial charge in [0.25, 0.3) is 5.91 Å². The van der Waals surface area contributed by atoms with Gasteiger partial charge in [0.1, 0.15) is 5.82 Å². The van der Waals surface area contributed by atoms with Crippen LogP contribution in [0, 0.1) is 17.7 Å². The zero-order valence-electron chi connectivity index (χ0n) is 12.3. The molecular formula is C14H15ClFN3O2S. The van der Waals surface area contributed by atoms with Crippen molar-refractivity contribution in [3.8, 4) is 0 Å². The van der Waals surface area contributed by atoms with Gasteiger partial charge in [0.2, 0.25) is 0 Å². The number of hydrogen-bond acceptors (Lipinski definition) is 3. The SMILES string of the molecule is CC(C)C(C)CC(=O)Sc1cc(C(=O)N=[N+]=[N-])c(F)cc1Cl. The summed E-state index contributed by atoms with van der Waals surface area (Å²) >= 11 is 6.75. The molecule has 1 amide bonds. The average Bonchev–Trinajstić information content (AvgIpc) is 2.41. The number of carbonyl (C=O) groups is 2. The number of rotatable bonds is 5. The van der Waals surface area contributed by atoms with Crippen molar-refractivity contribution >= 4 is 34.4 Å². The number of benzene rings is 1. The number of nitrogens with zero attached hydrogens (tertiary/aromatic N) is 3. The Hall–Kier alpha value is -1.56. The molecule has 0 fully saturated rings. The standard InChI is InChI=1S/C14H15ClFN3O2S/c1-7(2)8(3)4-13(20)22-12-5-9(14(21)18-19-17)11(16)6-10(12)15/h5-8H,4H2,1-3H3.